The van der Waals surface area contributed by atoms with Gasteiger partial charge in [0.1, 0.15) is 6.04 Å². The average Bonchev–Trinajstić information content (AvgIpc) is 2.93. The van der Waals surface area contributed by atoms with Crippen molar-refractivity contribution < 1.29 is 19.5 Å². The maximum Gasteiger partial charge on any atom is 0.326 e. The highest BCUT2D eigenvalue weighted by atomic mass is 16.4. The van der Waals surface area contributed by atoms with E-state index in [-0.39, 0.29) is 18.2 Å². The van der Waals surface area contributed by atoms with E-state index in [4.69, 9.17) is 5.11 Å². The predicted molar refractivity (Wildman–Crippen MR) is 81.3 cm³/mol. The largest absolute Gasteiger partial charge is 0.480 e. The number of carbonyl (C=O) groups is 3. The third-order valence-corrected chi connectivity index (χ3v) is 4.53. The number of aliphatic carboxylic acids is 1. The van der Waals surface area contributed by atoms with Gasteiger partial charge in [-0.1, -0.05) is 0 Å². The minimum atomic E-state index is -1.06. The lowest BCUT2D eigenvalue weighted by Crippen LogP contribution is -2.50. The third-order valence-electron chi connectivity index (χ3n) is 4.53. The molecule has 1 fully saturated rings. The van der Waals surface area contributed by atoms with Crippen molar-refractivity contribution in [2.75, 3.05) is 14.1 Å². The van der Waals surface area contributed by atoms with Gasteiger partial charge in [-0.3, -0.25) is 14.3 Å². The van der Waals surface area contributed by atoms with Crippen LogP contribution >= 0.6 is 0 Å². The van der Waals surface area contributed by atoms with Crippen molar-refractivity contribution in [1.29, 1.82) is 0 Å². The number of amides is 2. The number of rotatable bonds is 4. The van der Waals surface area contributed by atoms with Crippen LogP contribution in [-0.4, -0.2) is 62.6 Å². The van der Waals surface area contributed by atoms with Crippen LogP contribution in [0.15, 0.2) is 12.4 Å². The first-order chi connectivity index (χ1) is 10.7. The van der Waals surface area contributed by atoms with Gasteiger partial charge in [0.2, 0.25) is 11.8 Å². The molecule has 1 N–H and O–H groups in total. The first kappa shape index (κ1) is 17.0. The van der Waals surface area contributed by atoms with E-state index in [0.717, 1.165) is 5.56 Å². The molecule has 8 nitrogen and oxygen atoms in total. The molecule has 126 valence electrons. The smallest absolute Gasteiger partial charge is 0.326 e. The van der Waals surface area contributed by atoms with Crippen molar-refractivity contribution in [2.24, 2.45) is 13.0 Å². The number of carboxylic acid groups (broad SMARTS) is 1. The van der Waals surface area contributed by atoms with Gasteiger partial charge in [-0.25, -0.2) is 4.79 Å². The molecule has 0 aromatic carbocycles. The Morgan fingerprint density at radius 2 is 2.09 bits per heavy atom. The molecule has 1 aliphatic rings. The zero-order valence-corrected chi connectivity index (χ0v) is 13.8. The van der Waals surface area contributed by atoms with Gasteiger partial charge in [0, 0.05) is 39.3 Å². The van der Waals surface area contributed by atoms with E-state index in [1.54, 1.807) is 36.1 Å². The minimum Gasteiger partial charge on any atom is -0.480 e. The molecule has 1 aromatic rings. The molecule has 0 bridgehead atoms. The molecule has 3 atom stereocenters. The molecule has 8 heteroatoms. The van der Waals surface area contributed by atoms with E-state index in [0.29, 0.717) is 6.42 Å². The van der Waals surface area contributed by atoms with Crippen molar-refractivity contribution in [3.8, 4) is 0 Å². The summed E-state index contributed by atoms with van der Waals surface area (Å²) in [7, 11) is 4.92. The minimum absolute atomic E-state index is 0.0307. The summed E-state index contributed by atoms with van der Waals surface area (Å²) in [5, 5.41) is 13.2. The molecule has 2 rings (SSSR count). The molecule has 1 aromatic heterocycles. The van der Waals surface area contributed by atoms with Crippen molar-refractivity contribution in [1.82, 2.24) is 19.6 Å². The monoisotopic (exact) mass is 322 g/mol. The fraction of sp³-hybridized carbons (Fsp3) is 0.600. The molecule has 23 heavy (non-hydrogen) atoms. The van der Waals surface area contributed by atoms with Gasteiger partial charge in [-0.05, 0) is 13.3 Å². The Kier molecular flexibility index (Phi) is 4.72. The Labute approximate surface area is 134 Å². The second-order valence-electron chi connectivity index (χ2n) is 6.01. The highest BCUT2D eigenvalue weighted by Gasteiger charge is 2.41. The van der Waals surface area contributed by atoms with Gasteiger partial charge < -0.3 is 14.9 Å². The number of hydrogen-bond acceptors (Lipinski definition) is 4. The third kappa shape index (κ3) is 3.20. The first-order valence-electron chi connectivity index (χ1n) is 7.47. The molecule has 2 heterocycles. The van der Waals surface area contributed by atoms with E-state index in [1.165, 1.54) is 18.9 Å². The molecule has 1 aliphatic heterocycles. The highest BCUT2D eigenvalue weighted by Crippen LogP contribution is 2.36. The number of aryl methyl sites for hydroxylation is 1. The lowest BCUT2D eigenvalue weighted by Gasteiger charge is -2.39. The van der Waals surface area contributed by atoms with Gasteiger partial charge >= 0.3 is 5.97 Å². The lowest BCUT2D eigenvalue weighted by atomic mass is 9.84. The first-order valence-corrected chi connectivity index (χ1v) is 7.47. The van der Waals surface area contributed by atoms with E-state index in [9.17, 15) is 14.4 Å². The van der Waals surface area contributed by atoms with Crippen LogP contribution in [0.5, 0.6) is 0 Å². The number of hydrogen-bond donors (Lipinski definition) is 1. The molecule has 0 unspecified atom stereocenters. The molecule has 2 amide bonds. The zero-order chi connectivity index (χ0) is 17.3. The molecule has 0 spiro atoms. The van der Waals surface area contributed by atoms with Crippen molar-refractivity contribution in [3.63, 3.8) is 0 Å². The van der Waals surface area contributed by atoms with Crippen LogP contribution in [-0.2, 0) is 21.4 Å². The molecule has 0 radical (unpaired) electrons. The molecular weight excluding hydrogens is 300 g/mol. The maximum absolute atomic E-state index is 12.8. The number of aromatic nitrogens is 2. The standard InChI is InChI=1S/C15H22N4O4/c1-9(15(22)23)18(3)14(21)11-5-6-12(20)19(4)13(11)10-7-16-17(2)8-10/h7-9,11,13H,5-6H2,1-4H3,(H,22,23)/t9-,11+,13-/m1/s1. The van der Waals surface area contributed by atoms with Crippen LogP contribution < -0.4 is 0 Å². The summed E-state index contributed by atoms with van der Waals surface area (Å²) < 4.78 is 1.62. The van der Waals surface area contributed by atoms with Crippen LogP contribution in [0.4, 0.5) is 0 Å². The highest BCUT2D eigenvalue weighted by molar-refractivity contribution is 5.87. The summed E-state index contributed by atoms with van der Waals surface area (Å²) in [4.78, 5) is 38.8. The Morgan fingerprint density at radius 1 is 1.43 bits per heavy atom. The van der Waals surface area contributed by atoms with Gasteiger partial charge in [0.15, 0.2) is 0 Å². The van der Waals surface area contributed by atoms with Crippen LogP contribution in [0, 0.1) is 5.92 Å². The predicted octanol–water partition coefficient (Wildman–Crippen LogP) is 0.261. The van der Waals surface area contributed by atoms with Crippen LogP contribution in [0.1, 0.15) is 31.4 Å². The van der Waals surface area contributed by atoms with Gasteiger partial charge in [0.05, 0.1) is 18.2 Å². The zero-order valence-electron chi connectivity index (χ0n) is 13.8. The molecule has 1 saturated heterocycles. The average molecular weight is 322 g/mol. The van der Waals surface area contributed by atoms with E-state index in [2.05, 4.69) is 5.10 Å². The van der Waals surface area contributed by atoms with Crippen LogP contribution in [0.25, 0.3) is 0 Å². The quantitative estimate of drug-likeness (QED) is 0.858. The Balaban J connectivity index is 2.32. The fourth-order valence-corrected chi connectivity index (χ4v) is 2.96. The van der Waals surface area contributed by atoms with Crippen molar-refractivity contribution in [3.05, 3.63) is 18.0 Å². The number of nitrogens with zero attached hydrogens (tertiary/aromatic N) is 4. The summed E-state index contributed by atoms with van der Waals surface area (Å²) in [5.41, 5.74) is 0.776. The van der Waals surface area contributed by atoms with Gasteiger partial charge in [0.25, 0.3) is 0 Å². The fourth-order valence-electron chi connectivity index (χ4n) is 2.96. The summed E-state index contributed by atoms with van der Waals surface area (Å²) >= 11 is 0. The summed E-state index contributed by atoms with van der Waals surface area (Å²) in [6, 6.07) is -1.35. The number of likely N-dealkylation sites (N-methyl/N-ethyl adjacent to an activating group) is 1. The Bertz CT molecular complexity index is 627. The summed E-state index contributed by atoms with van der Waals surface area (Å²) in [5.74, 6) is -1.84. The number of likely N-dealkylation sites (tertiary alicyclic amines) is 1. The van der Waals surface area contributed by atoms with Crippen LogP contribution in [0.2, 0.25) is 0 Å². The lowest BCUT2D eigenvalue weighted by molar-refractivity contribution is -0.154. The van der Waals surface area contributed by atoms with E-state index >= 15 is 0 Å². The Hall–Kier alpha value is -2.38. The second-order valence-corrected chi connectivity index (χ2v) is 6.01. The van der Waals surface area contributed by atoms with Gasteiger partial charge in [-0.15, -0.1) is 0 Å². The summed E-state index contributed by atoms with van der Waals surface area (Å²) in [6.45, 7) is 1.47. The molecule has 0 aliphatic carbocycles. The van der Waals surface area contributed by atoms with Crippen molar-refractivity contribution in [2.45, 2.75) is 31.8 Å². The summed E-state index contributed by atoms with van der Waals surface area (Å²) in [6.07, 6.45) is 4.10. The van der Waals surface area contributed by atoms with E-state index in [1.807, 2.05) is 0 Å². The number of piperidine rings is 1. The molecular formula is C15H22N4O4. The van der Waals surface area contributed by atoms with Crippen molar-refractivity contribution >= 4 is 17.8 Å². The number of carboxylic acids is 1. The Morgan fingerprint density at radius 3 is 2.61 bits per heavy atom. The maximum atomic E-state index is 12.8. The normalized spacial score (nSPS) is 22.8. The topological polar surface area (TPSA) is 95.7 Å². The van der Waals surface area contributed by atoms with E-state index < -0.39 is 24.0 Å². The number of carbonyl (C=O) groups excluding carboxylic acids is 2. The SMILES string of the molecule is C[C@H](C(=O)O)N(C)C(=O)[C@H]1CCC(=O)N(C)[C@@H]1c1cnn(C)c1. The second kappa shape index (κ2) is 6.39. The molecule has 0 saturated carbocycles. The van der Waals surface area contributed by atoms with Gasteiger partial charge in [-0.2, -0.15) is 5.10 Å². The van der Waals surface area contributed by atoms with Crippen LogP contribution in [0.3, 0.4) is 0 Å².